The zero-order valence-corrected chi connectivity index (χ0v) is 16.7. The zero-order valence-electron chi connectivity index (χ0n) is 16.7. The van der Waals surface area contributed by atoms with Crippen LogP contribution in [-0.4, -0.2) is 28.3 Å². The number of benzene rings is 2. The summed E-state index contributed by atoms with van der Waals surface area (Å²) in [5, 5.41) is 0. The lowest BCUT2D eigenvalue weighted by Crippen LogP contribution is -2.38. The van der Waals surface area contributed by atoms with E-state index in [0.717, 1.165) is 10.3 Å². The first kappa shape index (κ1) is 20.9. The average Bonchev–Trinajstić information content (AvgIpc) is 2.77. The van der Waals surface area contributed by atoms with Crippen molar-refractivity contribution in [3.05, 3.63) is 92.8 Å². The number of carbonyl (C=O) groups excluding carboxylic acids is 1. The first-order chi connectivity index (χ1) is 14.5. The highest BCUT2D eigenvalue weighted by molar-refractivity contribution is 5.92. The lowest BCUT2D eigenvalue weighted by molar-refractivity contribution is 0.0457. The molecule has 0 unspecified atom stereocenters. The molecule has 0 saturated carbocycles. The monoisotopic (exact) mass is 410 g/mol. The summed E-state index contributed by atoms with van der Waals surface area (Å²) in [6.45, 7) is 0.331. The van der Waals surface area contributed by atoms with Gasteiger partial charge in [0.15, 0.2) is 0 Å². The van der Waals surface area contributed by atoms with Crippen molar-refractivity contribution in [2.45, 2.75) is 6.61 Å². The molecule has 0 aliphatic heterocycles. The van der Waals surface area contributed by atoms with Crippen molar-refractivity contribution in [2.75, 3.05) is 13.2 Å². The predicted molar refractivity (Wildman–Crippen MR) is 110 cm³/mol. The van der Waals surface area contributed by atoms with E-state index in [9.17, 15) is 14.4 Å². The quantitative estimate of drug-likeness (QED) is 0.416. The summed E-state index contributed by atoms with van der Waals surface area (Å²) in [6, 6.07) is 17.3. The van der Waals surface area contributed by atoms with E-state index in [1.807, 2.05) is 30.3 Å². The summed E-state index contributed by atoms with van der Waals surface area (Å²) >= 11 is 0. The van der Waals surface area contributed by atoms with E-state index in [2.05, 4.69) is 0 Å². The first-order valence-corrected chi connectivity index (χ1v) is 9.30. The first-order valence-electron chi connectivity index (χ1n) is 9.30. The van der Waals surface area contributed by atoms with Crippen LogP contribution >= 0.6 is 0 Å². The van der Waals surface area contributed by atoms with Crippen LogP contribution in [-0.2, 0) is 25.4 Å². The van der Waals surface area contributed by atoms with Crippen LogP contribution in [0.25, 0.3) is 0 Å². The Labute approximate surface area is 172 Å². The Bertz CT molecular complexity index is 1130. The number of para-hydroxylation sites is 2. The minimum absolute atomic E-state index is 0.216. The fourth-order valence-corrected chi connectivity index (χ4v) is 2.72. The van der Waals surface area contributed by atoms with Crippen LogP contribution in [0.3, 0.4) is 0 Å². The standard InChI is InChI=1S/C22H22N2O6/c1-23-16(14-20(25)24(2)22(23)27)15-30-21(26)18-10-6-7-11-19(18)29-13-12-28-17-8-4-3-5-9-17/h3-11,14H,12-13,15H2,1-2H3. The van der Waals surface area contributed by atoms with Gasteiger partial charge in [-0.1, -0.05) is 30.3 Å². The molecule has 0 fully saturated rings. The molecule has 0 aliphatic rings. The van der Waals surface area contributed by atoms with Crippen molar-refractivity contribution in [3.8, 4) is 11.5 Å². The topological polar surface area (TPSA) is 88.8 Å². The van der Waals surface area contributed by atoms with Crippen molar-refractivity contribution < 1.29 is 19.0 Å². The SMILES string of the molecule is Cn1c(COC(=O)c2ccccc2OCCOc2ccccc2)cc(=O)n(C)c1=O. The molecule has 0 aliphatic carbocycles. The summed E-state index contributed by atoms with van der Waals surface area (Å²) in [6.07, 6.45) is 0. The van der Waals surface area contributed by atoms with Gasteiger partial charge in [-0.15, -0.1) is 0 Å². The van der Waals surface area contributed by atoms with Gasteiger partial charge in [0.05, 0.1) is 5.69 Å². The Morgan fingerprint density at radius 3 is 2.30 bits per heavy atom. The number of hydrogen-bond donors (Lipinski definition) is 0. The van der Waals surface area contributed by atoms with Crippen molar-refractivity contribution in [2.24, 2.45) is 14.1 Å². The summed E-state index contributed by atoms with van der Waals surface area (Å²) in [4.78, 5) is 36.3. The summed E-state index contributed by atoms with van der Waals surface area (Å²) in [7, 11) is 2.89. The molecule has 0 radical (unpaired) electrons. The number of rotatable bonds is 8. The summed E-state index contributed by atoms with van der Waals surface area (Å²) in [5.74, 6) is 0.466. The molecule has 0 spiro atoms. The fraction of sp³-hybridized carbons (Fsp3) is 0.227. The van der Waals surface area contributed by atoms with Gasteiger partial charge in [-0.05, 0) is 24.3 Å². The number of esters is 1. The fourth-order valence-electron chi connectivity index (χ4n) is 2.72. The lowest BCUT2D eigenvalue weighted by Gasteiger charge is -2.13. The number of nitrogens with zero attached hydrogens (tertiary/aromatic N) is 2. The largest absolute Gasteiger partial charge is 0.490 e. The third-order valence-electron chi connectivity index (χ3n) is 4.44. The van der Waals surface area contributed by atoms with Crippen LogP contribution < -0.4 is 20.7 Å². The molecule has 1 aromatic heterocycles. The average molecular weight is 410 g/mol. The van der Waals surface area contributed by atoms with E-state index in [-0.39, 0.29) is 18.8 Å². The molecule has 1 heterocycles. The molecule has 2 aromatic carbocycles. The van der Waals surface area contributed by atoms with E-state index < -0.39 is 17.2 Å². The van der Waals surface area contributed by atoms with Crippen LogP contribution in [0.1, 0.15) is 16.1 Å². The Morgan fingerprint density at radius 2 is 1.53 bits per heavy atom. The van der Waals surface area contributed by atoms with Gasteiger partial charge < -0.3 is 14.2 Å². The molecule has 0 bridgehead atoms. The van der Waals surface area contributed by atoms with Gasteiger partial charge >= 0.3 is 11.7 Å². The molecular formula is C22H22N2O6. The van der Waals surface area contributed by atoms with Gasteiger partial charge in [0, 0.05) is 20.2 Å². The highest BCUT2D eigenvalue weighted by Crippen LogP contribution is 2.19. The molecule has 0 N–H and O–H groups in total. The molecule has 8 heteroatoms. The van der Waals surface area contributed by atoms with Crippen LogP contribution in [0.2, 0.25) is 0 Å². The lowest BCUT2D eigenvalue weighted by atomic mass is 10.2. The maximum atomic E-state index is 12.5. The molecule has 0 atom stereocenters. The van der Waals surface area contributed by atoms with Crippen molar-refractivity contribution >= 4 is 5.97 Å². The van der Waals surface area contributed by atoms with Crippen LogP contribution in [0, 0.1) is 0 Å². The van der Waals surface area contributed by atoms with E-state index in [4.69, 9.17) is 14.2 Å². The number of carbonyl (C=O) groups is 1. The van der Waals surface area contributed by atoms with Gasteiger partial charge in [-0.25, -0.2) is 9.59 Å². The van der Waals surface area contributed by atoms with Gasteiger partial charge in [-0.3, -0.25) is 13.9 Å². The molecule has 8 nitrogen and oxygen atoms in total. The van der Waals surface area contributed by atoms with Crippen LogP contribution in [0.5, 0.6) is 11.5 Å². The second-order valence-corrected chi connectivity index (χ2v) is 6.46. The van der Waals surface area contributed by atoms with Crippen molar-refractivity contribution in [1.82, 2.24) is 9.13 Å². The minimum Gasteiger partial charge on any atom is -0.490 e. The second-order valence-electron chi connectivity index (χ2n) is 6.46. The molecule has 156 valence electrons. The molecule has 0 saturated heterocycles. The van der Waals surface area contributed by atoms with Gasteiger partial charge in [0.25, 0.3) is 5.56 Å². The number of aromatic nitrogens is 2. The van der Waals surface area contributed by atoms with Gasteiger partial charge in [-0.2, -0.15) is 0 Å². The van der Waals surface area contributed by atoms with E-state index in [0.29, 0.717) is 18.1 Å². The van der Waals surface area contributed by atoms with E-state index in [1.54, 1.807) is 24.3 Å². The van der Waals surface area contributed by atoms with Crippen LogP contribution in [0.4, 0.5) is 0 Å². The Balaban J connectivity index is 1.61. The van der Waals surface area contributed by atoms with Gasteiger partial charge in [0.1, 0.15) is 36.9 Å². The Morgan fingerprint density at radius 1 is 0.867 bits per heavy atom. The maximum Gasteiger partial charge on any atom is 0.342 e. The number of ether oxygens (including phenoxy) is 3. The molecule has 3 aromatic rings. The highest BCUT2D eigenvalue weighted by atomic mass is 16.5. The van der Waals surface area contributed by atoms with Crippen molar-refractivity contribution in [1.29, 1.82) is 0 Å². The summed E-state index contributed by atoms with van der Waals surface area (Å²) in [5.41, 5.74) is -0.417. The third kappa shape index (κ3) is 4.96. The van der Waals surface area contributed by atoms with Gasteiger partial charge in [0.2, 0.25) is 0 Å². The molecule has 3 rings (SSSR count). The second kappa shape index (κ2) is 9.60. The smallest absolute Gasteiger partial charge is 0.342 e. The minimum atomic E-state index is -0.622. The zero-order chi connectivity index (χ0) is 21.5. The highest BCUT2D eigenvalue weighted by Gasteiger charge is 2.15. The molecular weight excluding hydrogens is 388 g/mol. The Hall–Kier alpha value is -3.81. The van der Waals surface area contributed by atoms with E-state index in [1.165, 1.54) is 24.7 Å². The molecule has 0 amide bonds. The van der Waals surface area contributed by atoms with Crippen LogP contribution in [0.15, 0.2) is 70.3 Å². The summed E-state index contributed by atoms with van der Waals surface area (Å²) < 4.78 is 18.8. The van der Waals surface area contributed by atoms with E-state index >= 15 is 0 Å². The maximum absolute atomic E-state index is 12.5. The molecule has 30 heavy (non-hydrogen) atoms. The van der Waals surface area contributed by atoms with Crippen molar-refractivity contribution in [3.63, 3.8) is 0 Å². The predicted octanol–water partition coefficient (Wildman–Crippen LogP) is 1.90. The number of hydrogen-bond acceptors (Lipinski definition) is 6. The third-order valence-corrected chi connectivity index (χ3v) is 4.44. The Kier molecular flexibility index (Phi) is 6.69. The normalized spacial score (nSPS) is 10.5.